The third-order valence-corrected chi connectivity index (χ3v) is 4.38. The van der Waals surface area contributed by atoms with Crippen LogP contribution in [0, 0.1) is 6.92 Å². The molecule has 0 saturated carbocycles. The van der Waals surface area contributed by atoms with Crippen LogP contribution in [0.2, 0.25) is 0 Å². The van der Waals surface area contributed by atoms with Crippen molar-refractivity contribution < 1.29 is 9.47 Å². The first-order valence-corrected chi connectivity index (χ1v) is 8.33. The smallest absolute Gasteiger partial charge is 0.163 e. The molecule has 25 heavy (non-hydrogen) atoms. The molecule has 0 bridgehead atoms. The maximum Gasteiger partial charge on any atom is 0.163 e. The zero-order valence-electron chi connectivity index (χ0n) is 14.5. The van der Waals surface area contributed by atoms with Gasteiger partial charge in [0.2, 0.25) is 0 Å². The first-order valence-electron chi connectivity index (χ1n) is 8.33. The summed E-state index contributed by atoms with van der Waals surface area (Å²) in [4.78, 5) is 4.85. The van der Waals surface area contributed by atoms with Gasteiger partial charge in [0.25, 0.3) is 0 Å². The molecule has 128 valence electrons. The fourth-order valence-corrected chi connectivity index (χ4v) is 3.09. The molecule has 0 saturated heterocycles. The Morgan fingerprint density at radius 3 is 2.60 bits per heavy atom. The summed E-state index contributed by atoms with van der Waals surface area (Å²) < 4.78 is 13.6. The monoisotopic (exact) mass is 335 g/mol. The average Bonchev–Trinajstić information content (AvgIpc) is 2.92. The fourth-order valence-electron chi connectivity index (χ4n) is 3.09. The van der Waals surface area contributed by atoms with Crippen molar-refractivity contribution in [2.45, 2.75) is 20.4 Å². The van der Waals surface area contributed by atoms with Gasteiger partial charge in [-0.1, -0.05) is 24.3 Å². The normalized spacial score (nSPS) is 13.2. The van der Waals surface area contributed by atoms with E-state index in [1.807, 2.05) is 38.1 Å². The highest BCUT2D eigenvalue weighted by Gasteiger charge is 2.19. The van der Waals surface area contributed by atoms with Crippen LogP contribution in [0.25, 0.3) is 22.4 Å². The highest BCUT2D eigenvalue weighted by Crippen LogP contribution is 2.37. The molecular formula is C20H21N3O2. The molecular weight excluding hydrogens is 314 g/mol. The van der Waals surface area contributed by atoms with Crippen LogP contribution >= 0.6 is 0 Å². The predicted octanol–water partition coefficient (Wildman–Crippen LogP) is 3.94. The minimum absolute atomic E-state index is 0.562. The highest BCUT2D eigenvalue weighted by atomic mass is 16.6. The topological polar surface area (TPSA) is 62.3 Å². The Labute approximate surface area is 146 Å². The van der Waals surface area contributed by atoms with Crippen LogP contribution < -0.4 is 15.2 Å². The zero-order chi connectivity index (χ0) is 17.6. The Kier molecular flexibility index (Phi) is 3.64. The summed E-state index contributed by atoms with van der Waals surface area (Å²) in [6, 6.07) is 9.99. The molecule has 0 radical (unpaired) electrons. The zero-order valence-corrected chi connectivity index (χ0v) is 14.5. The van der Waals surface area contributed by atoms with Crippen molar-refractivity contribution in [3.05, 3.63) is 48.0 Å². The lowest BCUT2D eigenvalue weighted by molar-refractivity contribution is 0.172. The summed E-state index contributed by atoms with van der Waals surface area (Å²) >= 11 is 0. The molecule has 0 amide bonds. The largest absolute Gasteiger partial charge is 0.486 e. The molecule has 0 spiro atoms. The Bertz CT molecular complexity index is 988. The van der Waals surface area contributed by atoms with Crippen LogP contribution in [0.3, 0.4) is 0 Å². The molecule has 5 nitrogen and oxygen atoms in total. The molecule has 0 fully saturated rings. The summed E-state index contributed by atoms with van der Waals surface area (Å²) in [5.41, 5.74) is 11.8. The number of rotatable bonds is 3. The number of anilines is 1. The lowest BCUT2D eigenvalue weighted by atomic mass is 10.1. The maximum atomic E-state index is 6.11. The molecule has 1 aliphatic heterocycles. The summed E-state index contributed by atoms with van der Waals surface area (Å²) in [6.45, 7) is 9.88. The van der Waals surface area contributed by atoms with Gasteiger partial charge in [-0.2, -0.15) is 0 Å². The van der Waals surface area contributed by atoms with E-state index in [2.05, 4.69) is 17.2 Å². The van der Waals surface area contributed by atoms with E-state index in [4.69, 9.17) is 20.2 Å². The van der Waals surface area contributed by atoms with E-state index in [0.717, 1.165) is 50.7 Å². The first-order chi connectivity index (χ1) is 12.0. The standard InChI is InChI=1S/C20H21N3O2/c1-12(2)11-23-17-10-19-18(24-6-7-25-19)9-16(17)22-20(23)14-5-4-13(3)15(21)8-14/h4-5,8-10H,1,6-7,11,21H2,2-3H3. The fraction of sp³-hybridized carbons (Fsp3) is 0.250. The van der Waals surface area contributed by atoms with Gasteiger partial charge in [0.15, 0.2) is 11.5 Å². The van der Waals surface area contributed by atoms with Crippen LogP contribution in [0.5, 0.6) is 11.5 Å². The first kappa shape index (κ1) is 15.6. The van der Waals surface area contributed by atoms with Gasteiger partial charge in [-0.25, -0.2) is 4.98 Å². The molecule has 0 aliphatic carbocycles. The second-order valence-electron chi connectivity index (χ2n) is 6.53. The van der Waals surface area contributed by atoms with Crippen LogP contribution in [0.4, 0.5) is 5.69 Å². The molecule has 2 aromatic carbocycles. The number of aromatic nitrogens is 2. The van der Waals surface area contributed by atoms with Crippen LogP contribution in [0.1, 0.15) is 12.5 Å². The van der Waals surface area contributed by atoms with Crippen molar-refractivity contribution >= 4 is 16.7 Å². The van der Waals surface area contributed by atoms with Gasteiger partial charge >= 0.3 is 0 Å². The highest BCUT2D eigenvalue weighted by molar-refractivity contribution is 5.85. The predicted molar refractivity (Wildman–Crippen MR) is 100 cm³/mol. The van der Waals surface area contributed by atoms with Crippen LogP contribution in [0.15, 0.2) is 42.5 Å². The maximum absolute atomic E-state index is 6.11. The van der Waals surface area contributed by atoms with Crippen LogP contribution in [-0.2, 0) is 6.54 Å². The average molecular weight is 335 g/mol. The Balaban J connectivity index is 1.95. The third kappa shape index (κ3) is 2.71. The van der Waals surface area contributed by atoms with Crippen molar-refractivity contribution in [3.8, 4) is 22.9 Å². The third-order valence-electron chi connectivity index (χ3n) is 4.38. The summed E-state index contributed by atoms with van der Waals surface area (Å²) in [5, 5.41) is 0. The number of nitrogens with two attached hydrogens (primary N) is 1. The van der Waals surface area contributed by atoms with E-state index >= 15 is 0 Å². The van der Waals surface area contributed by atoms with Gasteiger partial charge in [-0.05, 0) is 25.5 Å². The summed E-state index contributed by atoms with van der Waals surface area (Å²) in [5.74, 6) is 2.37. The number of nitrogen functional groups attached to an aromatic ring is 1. The van der Waals surface area contributed by atoms with E-state index in [0.29, 0.717) is 19.8 Å². The van der Waals surface area contributed by atoms with Crippen molar-refractivity contribution in [3.63, 3.8) is 0 Å². The van der Waals surface area contributed by atoms with Gasteiger partial charge in [0, 0.05) is 29.9 Å². The number of ether oxygens (including phenoxy) is 2. The van der Waals surface area contributed by atoms with Gasteiger partial charge < -0.3 is 19.8 Å². The number of allylic oxidation sites excluding steroid dienone is 1. The number of hydrogen-bond donors (Lipinski definition) is 1. The second-order valence-corrected chi connectivity index (χ2v) is 6.53. The number of benzene rings is 2. The van der Waals surface area contributed by atoms with E-state index < -0.39 is 0 Å². The Morgan fingerprint density at radius 2 is 1.92 bits per heavy atom. The quantitative estimate of drug-likeness (QED) is 0.582. The van der Waals surface area contributed by atoms with Gasteiger partial charge in [0.05, 0.1) is 11.0 Å². The molecule has 2 heterocycles. The van der Waals surface area contributed by atoms with Crippen molar-refractivity contribution in [2.24, 2.45) is 0 Å². The van der Waals surface area contributed by atoms with Gasteiger partial charge in [-0.15, -0.1) is 0 Å². The van der Waals surface area contributed by atoms with E-state index in [1.54, 1.807) is 0 Å². The second kappa shape index (κ2) is 5.84. The van der Waals surface area contributed by atoms with Gasteiger partial charge in [0.1, 0.15) is 19.0 Å². The van der Waals surface area contributed by atoms with E-state index in [-0.39, 0.29) is 0 Å². The molecule has 1 aromatic heterocycles. The van der Waals surface area contributed by atoms with E-state index in [1.165, 1.54) is 0 Å². The Hall–Kier alpha value is -2.95. The van der Waals surface area contributed by atoms with Crippen molar-refractivity contribution in [1.29, 1.82) is 0 Å². The lowest BCUT2D eigenvalue weighted by Crippen LogP contribution is -2.15. The minimum Gasteiger partial charge on any atom is -0.486 e. The number of imidazole rings is 1. The van der Waals surface area contributed by atoms with Crippen molar-refractivity contribution in [2.75, 3.05) is 18.9 Å². The molecule has 1 aliphatic rings. The minimum atomic E-state index is 0.562. The number of fused-ring (bicyclic) bond motifs is 2. The molecule has 5 heteroatoms. The number of nitrogens with zero attached hydrogens (tertiary/aromatic N) is 2. The number of hydrogen-bond acceptors (Lipinski definition) is 4. The molecule has 0 atom stereocenters. The molecule has 4 rings (SSSR count). The molecule has 3 aromatic rings. The lowest BCUT2D eigenvalue weighted by Gasteiger charge is -2.18. The number of aryl methyl sites for hydroxylation is 1. The molecule has 2 N–H and O–H groups in total. The van der Waals surface area contributed by atoms with E-state index in [9.17, 15) is 0 Å². The van der Waals surface area contributed by atoms with Crippen molar-refractivity contribution in [1.82, 2.24) is 9.55 Å². The Morgan fingerprint density at radius 1 is 1.20 bits per heavy atom. The summed E-state index contributed by atoms with van der Waals surface area (Å²) in [7, 11) is 0. The van der Waals surface area contributed by atoms with Crippen LogP contribution in [-0.4, -0.2) is 22.8 Å². The van der Waals surface area contributed by atoms with Gasteiger partial charge in [-0.3, -0.25) is 0 Å². The SMILES string of the molecule is C=C(C)Cn1c(-c2ccc(C)c(N)c2)nc2cc3c(cc21)OCCO3. The molecule has 0 unspecified atom stereocenters. The summed E-state index contributed by atoms with van der Waals surface area (Å²) in [6.07, 6.45) is 0.